The van der Waals surface area contributed by atoms with Crippen LogP contribution in [0.2, 0.25) is 0 Å². The molecule has 0 saturated carbocycles. The molecule has 3 rings (SSSR count). The van der Waals surface area contributed by atoms with Crippen LogP contribution in [0.1, 0.15) is 29.0 Å². The van der Waals surface area contributed by atoms with E-state index in [4.69, 9.17) is 4.74 Å². The number of nitrogens with one attached hydrogen (secondary N) is 1. The van der Waals surface area contributed by atoms with E-state index in [1.807, 2.05) is 30.6 Å². The van der Waals surface area contributed by atoms with Crippen LogP contribution in [0, 0.1) is 6.92 Å². The van der Waals surface area contributed by atoms with E-state index in [0.29, 0.717) is 6.42 Å². The predicted molar refractivity (Wildman–Crippen MR) is 74.9 cm³/mol. The van der Waals surface area contributed by atoms with Gasteiger partial charge in [-0.1, -0.05) is 6.07 Å². The molecular weight excluding hydrogens is 260 g/mol. The lowest BCUT2D eigenvalue weighted by Crippen LogP contribution is -2.24. The van der Waals surface area contributed by atoms with Gasteiger partial charge in [0, 0.05) is 29.5 Å². The van der Waals surface area contributed by atoms with E-state index in [9.17, 15) is 4.79 Å². The molecule has 2 aromatic rings. The monoisotopic (exact) mass is 274 g/mol. The van der Waals surface area contributed by atoms with Gasteiger partial charge >= 0.3 is 0 Å². The Morgan fingerprint density at radius 2 is 2.32 bits per heavy atom. The maximum absolute atomic E-state index is 11.9. The van der Waals surface area contributed by atoms with E-state index in [1.165, 1.54) is 11.5 Å². The van der Waals surface area contributed by atoms with Crippen molar-refractivity contribution in [2.24, 2.45) is 0 Å². The molecule has 0 saturated heterocycles. The number of ether oxygens (including phenoxy) is 1. The highest BCUT2D eigenvalue weighted by atomic mass is 32.1. The van der Waals surface area contributed by atoms with Gasteiger partial charge in [0.05, 0.1) is 12.8 Å². The Balaban J connectivity index is 2.14. The maximum Gasteiger partial charge on any atom is 0.225 e. The molecular formula is C14H14N2O2S. The first kappa shape index (κ1) is 12.2. The molecule has 0 radical (unpaired) electrons. The van der Waals surface area contributed by atoms with Gasteiger partial charge in [0.2, 0.25) is 5.91 Å². The zero-order valence-corrected chi connectivity index (χ0v) is 11.6. The molecule has 1 atom stereocenters. The number of benzene rings is 1. The molecule has 1 N–H and O–H groups in total. The second-order valence-corrected chi connectivity index (χ2v) is 5.28. The highest BCUT2D eigenvalue weighted by Crippen LogP contribution is 2.41. The van der Waals surface area contributed by atoms with Crippen LogP contribution in [0.5, 0.6) is 5.75 Å². The van der Waals surface area contributed by atoms with Gasteiger partial charge in [-0.25, -0.2) is 4.37 Å². The first-order valence-electron chi connectivity index (χ1n) is 6.07. The van der Waals surface area contributed by atoms with E-state index in [1.54, 1.807) is 7.11 Å². The van der Waals surface area contributed by atoms with Gasteiger partial charge in [0.1, 0.15) is 5.75 Å². The molecule has 1 aromatic carbocycles. The van der Waals surface area contributed by atoms with Crippen molar-refractivity contribution in [3.05, 3.63) is 40.4 Å². The van der Waals surface area contributed by atoms with Gasteiger partial charge in [-0.2, -0.15) is 0 Å². The third-order valence-electron chi connectivity index (χ3n) is 3.55. The summed E-state index contributed by atoms with van der Waals surface area (Å²) in [5.41, 5.74) is 4.09. The molecule has 98 valence electrons. The minimum atomic E-state index is 0.0417. The van der Waals surface area contributed by atoms with Crippen LogP contribution in [0.3, 0.4) is 0 Å². The Morgan fingerprint density at radius 1 is 1.47 bits per heavy atom. The third-order valence-corrected chi connectivity index (χ3v) is 4.16. The van der Waals surface area contributed by atoms with Gasteiger partial charge in [0.25, 0.3) is 0 Å². The van der Waals surface area contributed by atoms with Crippen molar-refractivity contribution in [3.63, 3.8) is 0 Å². The minimum Gasteiger partial charge on any atom is -0.496 e. The minimum absolute atomic E-state index is 0.0417. The summed E-state index contributed by atoms with van der Waals surface area (Å²) in [7, 11) is 1.64. The molecule has 0 spiro atoms. The molecule has 1 amide bonds. The van der Waals surface area contributed by atoms with Crippen molar-refractivity contribution in [1.29, 1.82) is 0 Å². The van der Waals surface area contributed by atoms with E-state index in [2.05, 4.69) is 9.69 Å². The fourth-order valence-corrected chi connectivity index (χ4v) is 3.15. The van der Waals surface area contributed by atoms with Gasteiger partial charge in [-0.15, -0.1) is 0 Å². The number of rotatable bonds is 2. The predicted octanol–water partition coefficient (Wildman–Crippen LogP) is 2.93. The maximum atomic E-state index is 11.9. The van der Waals surface area contributed by atoms with Crippen LogP contribution in [0.25, 0.3) is 0 Å². The fourth-order valence-electron chi connectivity index (χ4n) is 2.56. The fraction of sp³-hybridized carbons (Fsp3) is 0.286. The number of methoxy groups -OCH3 is 1. The number of aromatic nitrogens is 1. The molecule has 0 fully saturated rings. The van der Waals surface area contributed by atoms with E-state index in [0.717, 1.165) is 28.1 Å². The largest absolute Gasteiger partial charge is 0.496 e. The molecule has 1 aliphatic heterocycles. The molecule has 19 heavy (non-hydrogen) atoms. The Labute approximate surface area is 115 Å². The molecule has 5 heteroatoms. The number of carbonyl (C=O) groups excluding carboxylic acids is 1. The highest BCUT2D eigenvalue weighted by Gasteiger charge is 2.28. The van der Waals surface area contributed by atoms with Gasteiger partial charge in [-0.05, 0) is 35.6 Å². The lowest BCUT2D eigenvalue weighted by molar-refractivity contribution is -0.116. The molecule has 0 bridgehead atoms. The zero-order chi connectivity index (χ0) is 13.4. The lowest BCUT2D eigenvalue weighted by Gasteiger charge is -2.27. The van der Waals surface area contributed by atoms with Gasteiger partial charge in [0.15, 0.2) is 0 Å². The second-order valence-electron chi connectivity index (χ2n) is 4.62. The number of fused-ring (bicyclic) bond motifs is 1. The van der Waals surface area contributed by atoms with Crippen molar-refractivity contribution < 1.29 is 9.53 Å². The number of nitrogens with zero attached hydrogens (tertiary/aromatic N) is 1. The number of amides is 1. The van der Waals surface area contributed by atoms with Crippen molar-refractivity contribution in [1.82, 2.24) is 4.37 Å². The van der Waals surface area contributed by atoms with Crippen molar-refractivity contribution in [3.8, 4) is 5.75 Å². The van der Waals surface area contributed by atoms with Crippen LogP contribution < -0.4 is 10.1 Å². The summed E-state index contributed by atoms with van der Waals surface area (Å²) in [5, 5.41) is 4.97. The Hall–Kier alpha value is -1.88. The number of carbonyl (C=O) groups is 1. The number of anilines is 1. The lowest BCUT2D eigenvalue weighted by atomic mass is 9.85. The summed E-state index contributed by atoms with van der Waals surface area (Å²) in [4.78, 5) is 11.9. The van der Waals surface area contributed by atoms with Crippen LogP contribution in [0.4, 0.5) is 5.69 Å². The summed E-state index contributed by atoms with van der Waals surface area (Å²) in [6.07, 6.45) is 2.31. The SMILES string of the molecule is COc1ccc2c(c1C)NC(=O)CC2c1cnsc1. The van der Waals surface area contributed by atoms with Crippen LogP contribution in [-0.4, -0.2) is 17.4 Å². The summed E-state index contributed by atoms with van der Waals surface area (Å²) in [6.45, 7) is 1.96. The average Bonchev–Trinajstić information content (AvgIpc) is 2.93. The number of hydrogen-bond donors (Lipinski definition) is 1. The third kappa shape index (κ3) is 2.00. The molecule has 2 heterocycles. The molecule has 1 aliphatic rings. The van der Waals surface area contributed by atoms with Crippen molar-refractivity contribution >= 4 is 23.1 Å². The average molecular weight is 274 g/mol. The van der Waals surface area contributed by atoms with Crippen molar-refractivity contribution in [2.75, 3.05) is 12.4 Å². The Bertz CT molecular complexity index is 623. The molecule has 1 unspecified atom stereocenters. The standard InChI is InChI=1S/C14H14N2O2S/c1-8-12(18-2)4-3-10-11(9-6-15-19-7-9)5-13(17)16-14(8)10/h3-4,6-7,11H,5H2,1-2H3,(H,16,17). The summed E-state index contributed by atoms with van der Waals surface area (Å²) >= 11 is 1.41. The smallest absolute Gasteiger partial charge is 0.225 e. The molecule has 4 nitrogen and oxygen atoms in total. The molecule has 1 aromatic heterocycles. The Morgan fingerprint density at radius 3 is 3.00 bits per heavy atom. The second kappa shape index (κ2) is 4.66. The topological polar surface area (TPSA) is 51.2 Å². The normalized spacial score (nSPS) is 17.8. The molecule has 0 aliphatic carbocycles. The van der Waals surface area contributed by atoms with Gasteiger partial charge < -0.3 is 10.1 Å². The van der Waals surface area contributed by atoms with Crippen LogP contribution in [0.15, 0.2) is 23.7 Å². The van der Waals surface area contributed by atoms with Crippen LogP contribution in [-0.2, 0) is 4.79 Å². The summed E-state index contributed by atoms with van der Waals surface area (Å²) in [5.74, 6) is 0.926. The first-order valence-corrected chi connectivity index (χ1v) is 6.91. The first-order chi connectivity index (χ1) is 9.20. The van der Waals surface area contributed by atoms with E-state index in [-0.39, 0.29) is 11.8 Å². The van der Waals surface area contributed by atoms with Crippen LogP contribution >= 0.6 is 11.5 Å². The highest BCUT2D eigenvalue weighted by molar-refractivity contribution is 7.03. The van der Waals surface area contributed by atoms with Crippen molar-refractivity contribution in [2.45, 2.75) is 19.3 Å². The zero-order valence-electron chi connectivity index (χ0n) is 10.8. The number of hydrogen-bond acceptors (Lipinski definition) is 4. The Kier molecular flexibility index (Phi) is 2.98. The summed E-state index contributed by atoms with van der Waals surface area (Å²) in [6, 6.07) is 3.99. The quantitative estimate of drug-likeness (QED) is 0.916. The summed E-state index contributed by atoms with van der Waals surface area (Å²) < 4.78 is 9.45. The van der Waals surface area contributed by atoms with E-state index >= 15 is 0 Å². The van der Waals surface area contributed by atoms with Gasteiger partial charge in [-0.3, -0.25) is 4.79 Å². The van der Waals surface area contributed by atoms with E-state index < -0.39 is 0 Å².